The van der Waals surface area contributed by atoms with Crippen molar-refractivity contribution in [2.75, 3.05) is 38.6 Å². The number of anilines is 1. The number of nitrogen functional groups attached to an aromatic ring is 1. The van der Waals surface area contributed by atoms with Gasteiger partial charge in [-0.3, -0.25) is 4.90 Å². The van der Waals surface area contributed by atoms with Crippen LogP contribution in [0.2, 0.25) is 0 Å². The van der Waals surface area contributed by atoms with Gasteiger partial charge in [-0.05, 0) is 6.07 Å². The van der Waals surface area contributed by atoms with E-state index in [-0.39, 0.29) is 23.4 Å². The van der Waals surface area contributed by atoms with Crippen LogP contribution in [0, 0.1) is 0 Å². The molecule has 0 saturated carbocycles. The van der Waals surface area contributed by atoms with Gasteiger partial charge in [-0.15, -0.1) is 0 Å². The van der Waals surface area contributed by atoms with Crippen molar-refractivity contribution in [1.29, 1.82) is 0 Å². The van der Waals surface area contributed by atoms with Gasteiger partial charge >= 0.3 is 12.4 Å². The third-order valence-corrected chi connectivity index (χ3v) is 4.97. The van der Waals surface area contributed by atoms with Crippen LogP contribution in [0.15, 0.2) is 25.0 Å². The highest BCUT2D eigenvalue weighted by atomic mass is 19.4. The second-order valence-electron chi connectivity index (χ2n) is 7.22. The minimum absolute atomic E-state index is 0.188. The molecule has 0 spiro atoms. The minimum atomic E-state index is -5.04. The smallest absolute Gasteiger partial charge is 0.383 e. The molecule has 7 nitrogen and oxygen atoms in total. The Hall–Kier alpha value is -2.64. The van der Waals surface area contributed by atoms with Crippen LogP contribution in [-0.4, -0.2) is 63.6 Å². The maximum Gasteiger partial charge on any atom is 0.421 e. The zero-order valence-corrected chi connectivity index (χ0v) is 16.7. The Labute approximate surface area is 179 Å². The highest BCUT2D eigenvalue weighted by molar-refractivity contribution is 5.63. The van der Waals surface area contributed by atoms with E-state index in [9.17, 15) is 31.4 Å². The van der Waals surface area contributed by atoms with Crippen molar-refractivity contribution < 1.29 is 36.2 Å². The number of rotatable bonds is 6. The molecular weight excluding hydrogens is 444 g/mol. The lowest BCUT2D eigenvalue weighted by molar-refractivity contribution is -0.209. The topological polar surface area (TPSA) is 89.4 Å². The van der Waals surface area contributed by atoms with Gasteiger partial charge in [0.1, 0.15) is 5.82 Å². The Kier molecular flexibility index (Phi) is 6.81. The van der Waals surface area contributed by atoms with Crippen molar-refractivity contribution in [3.05, 3.63) is 36.4 Å². The predicted molar refractivity (Wildman–Crippen MR) is 103 cm³/mol. The number of nitrogens with two attached hydrogens (primary N) is 1. The summed E-state index contributed by atoms with van der Waals surface area (Å²) in [7, 11) is 0. The predicted octanol–water partition coefficient (Wildman–Crippen LogP) is 3.33. The van der Waals surface area contributed by atoms with Crippen molar-refractivity contribution in [2.45, 2.75) is 24.9 Å². The summed E-state index contributed by atoms with van der Waals surface area (Å²) in [4.78, 5) is 9.28. The molecule has 3 rings (SSSR count). The van der Waals surface area contributed by atoms with Gasteiger partial charge < -0.3 is 20.1 Å². The van der Waals surface area contributed by atoms with Gasteiger partial charge in [-0.2, -0.15) is 26.3 Å². The number of aliphatic hydroxyl groups excluding tert-OH is 1. The molecule has 1 unspecified atom stereocenters. The summed E-state index contributed by atoms with van der Waals surface area (Å²) in [5.74, 6) is -1.57. The molecule has 3 heterocycles. The number of ether oxygens (including phenoxy) is 1. The van der Waals surface area contributed by atoms with E-state index < -0.39 is 35.7 Å². The van der Waals surface area contributed by atoms with E-state index >= 15 is 0 Å². The fourth-order valence-corrected chi connectivity index (χ4v) is 3.20. The van der Waals surface area contributed by atoms with Gasteiger partial charge in [0.05, 0.1) is 24.5 Å². The lowest BCUT2D eigenvalue weighted by Gasteiger charge is -2.27. The van der Waals surface area contributed by atoms with Crippen LogP contribution in [0.4, 0.5) is 32.2 Å². The Morgan fingerprint density at radius 2 is 1.88 bits per heavy atom. The quantitative estimate of drug-likeness (QED) is 0.637. The second-order valence-corrected chi connectivity index (χ2v) is 7.22. The number of pyridine rings is 1. The number of aromatic nitrogens is 3. The van der Waals surface area contributed by atoms with Gasteiger partial charge in [0, 0.05) is 49.7 Å². The molecular formula is C19H21F6N5O2. The molecule has 13 heteroatoms. The summed E-state index contributed by atoms with van der Waals surface area (Å²) in [6, 6.07) is 0.648. The number of imidazole rings is 1. The normalized spacial score (nSPS) is 16.8. The summed E-state index contributed by atoms with van der Waals surface area (Å²) < 4.78 is 85.3. The number of nitrogens with zero attached hydrogens (tertiary/aromatic N) is 4. The first-order chi connectivity index (χ1) is 14.9. The second kappa shape index (κ2) is 9.08. The maximum atomic E-state index is 13.2. The molecule has 1 saturated heterocycles. The van der Waals surface area contributed by atoms with Crippen molar-refractivity contribution in [3.8, 4) is 11.3 Å². The van der Waals surface area contributed by atoms with E-state index in [0.29, 0.717) is 38.9 Å². The standard InChI is InChI=1S/C19H21F6N5O2/c1-11(2-3-29-4-6-32-7-5-29)30-10-14(28-17(30)15(31)19(23,24)25)12-8-13(18(20,21)22)16(26)27-9-12/h8-10,15,31H,1-7H2,(H2,26,27). The molecule has 2 aromatic rings. The summed E-state index contributed by atoms with van der Waals surface area (Å²) in [6.07, 6.45) is -10.5. The minimum Gasteiger partial charge on any atom is -0.383 e. The molecule has 176 valence electrons. The Balaban J connectivity index is 1.95. The lowest BCUT2D eigenvalue weighted by atomic mass is 10.1. The van der Waals surface area contributed by atoms with E-state index in [1.165, 1.54) is 0 Å². The number of hydrogen-bond donors (Lipinski definition) is 2. The summed E-state index contributed by atoms with van der Waals surface area (Å²) >= 11 is 0. The van der Waals surface area contributed by atoms with Gasteiger partial charge in [0.2, 0.25) is 6.10 Å². The maximum absolute atomic E-state index is 13.2. The highest BCUT2D eigenvalue weighted by Gasteiger charge is 2.43. The molecule has 1 aliphatic heterocycles. The van der Waals surface area contributed by atoms with Crippen molar-refractivity contribution in [3.63, 3.8) is 0 Å². The van der Waals surface area contributed by atoms with E-state index in [1.54, 1.807) is 0 Å². The first kappa shape index (κ1) is 24.0. The third-order valence-electron chi connectivity index (χ3n) is 4.97. The van der Waals surface area contributed by atoms with Crippen LogP contribution in [0.1, 0.15) is 23.9 Å². The molecule has 3 N–H and O–H groups in total. The number of halogens is 6. The monoisotopic (exact) mass is 465 g/mol. The molecule has 32 heavy (non-hydrogen) atoms. The Bertz CT molecular complexity index is 966. The van der Waals surface area contributed by atoms with Crippen LogP contribution in [0.5, 0.6) is 0 Å². The first-order valence-electron chi connectivity index (χ1n) is 9.53. The van der Waals surface area contributed by atoms with Crippen LogP contribution < -0.4 is 5.73 Å². The highest BCUT2D eigenvalue weighted by Crippen LogP contribution is 2.37. The average Bonchev–Trinajstić information content (AvgIpc) is 3.16. The summed E-state index contributed by atoms with van der Waals surface area (Å²) in [5, 5.41) is 9.80. The van der Waals surface area contributed by atoms with Crippen LogP contribution in [-0.2, 0) is 10.9 Å². The lowest BCUT2D eigenvalue weighted by Crippen LogP contribution is -2.37. The van der Waals surface area contributed by atoms with Crippen molar-refractivity contribution in [1.82, 2.24) is 19.4 Å². The molecule has 0 aromatic carbocycles. The number of morpholine rings is 1. The Morgan fingerprint density at radius 3 is 2.47 bits per heavy atom. The number of hydrogen-bond acceptors (Lipinski definition) is 6. The Morgan fingerprint density at radius 1 is 1.22 bits per heavy atom. The molecule has 1 aliphatic rings. The van der Waals surface area contributed by atoms with Gasteiger partial charge in [0.15, 0.2) is 5.82 Å². The fourth-order valence-electron chi connectivity index (χ4n) is 3.20. The average molecular weight is 465 g/mol. The first-order valence-corrected chi connectivity index (χ1v) is 9.53. The molecule has 1 atom stereocenters. The molecule has 1 fully saturated rings. The van der Waals surface area contributed by atoms with E-state index in [0.717, 1.165) is 17.0 Å². The van der Waals surface area contributed by atoms with Crippen LogP contribution in [0.25, 0.3) is 17.0 Å². The molecule has 0 aliphatic carbocycles. The van der Waals surface area contributed by atoms with E-state index in [4.69, 9.17) is 10.5 Å². The summed E-state index contributed by atoms with van der Waals surface area (Å²) in [5.41, 5.74) is 3.78. The third kappa shape index (κ3) is 5.40. The van der Waals surface area contributed by atoms with E-state index in [2.05, 4.69) is 16.5 Å². The molecule has 2 aromatic heterocycles. The van der Waals surface area contributed by atoms with Crippen molar-refractivity contribution >= 4 is 11.5 Å². The van der Waals surface area contributed by atoms with Gasteiger partial charge in [0.25, 0.3) is 0 Å². The number of aliphatic hydroxyl groups is 1. The zero-order chi connectivity index (χ0) is 23.7. The zero-order valence-electron chi connectivity index (χ0n) is 16.7. The molecule has 0 radical (unpaired) electrons. The SMILES string of the molecule is C=C(CCN1CCOCC1)n1cc(-c2cnc(N)c(C(F)(F)F)c2)nc1C(O)C(F)(F)F. The van der Waals surface area contributed by atoms with E-state index in [1.807, 2.05) is 4.90 Å². The van der Waals surface area contributed by atoms with Crippen LogP contribution in [0.3, 0.4) is 0 Å². The van der Waals surface area contributed by atoms with Crippen LogP contribution >= 0.6 is 0 Å². The fraction of sp³-hybridized carbons (Fsp3) is 0.474. The largest absolute Gasteiger partial charge is 0.421 e. The van der Waals surface area contributed by atoms with Gasteiger partial charge in [-0.25, -0.2) is 9.97 Å². The van der Waals surface area contributed by atoms with Crippen molar-refractivity contribution in [2.24, 2.45) is 0 Å². The summed E-state index contributed by atoms with van der Waals surface area (Å²) in [6.45, 7) is 6.62. The number of alkyl halides is 6. The molecule has 0 amide bonds. The molecule has 0 bridgehead atoms. The van der Waals surface area contributed by atoms with Gasteiger partial charge in [-0.1, -0.05) is 6.58 Å².